The summed E-state index contributed by atoms with van der Waals surface area (Å²) in [5.41, 5.74) is 4.83. The monoisotopic (exact) mass is 242 g/mol. The van der Waals surface area contributed by atoms with Gasteiger partial charge in [-0.1, -0.05) is 48.5 Å². The molecule has 94 valence electrons. The van der Waals surface area contributed by atoms with E-state index in [1.807, 2.05) is 0 Å². The lowest BCUT2D eigenvalue weighted by Crippen LogP contribution is -1.88. The summed E-state index contributed by atoms with van der Waals surface area (Å²) in [4.78, 5) is 0. The van der Waals surface area contributed by atoms with Crippen molar-refractivity contribution < 1.29 is 9.47 Å². The third kappa shape index (κ3) is 3.19. The van der Waals surface area contributed by atoms with Crippen molar-refractivity contribution in [3.05, 3.63) is 59.7 Å². The maximum absolute atomic E-state index is 5.10. The predicted octanol–water partition coefficient (Wildman–Crippen LogP) is 3.65. The lowest BCUT2D eigenvalue weighted by atomic mass is 10.0. The molecule has 0 heterocycles. The van der Waals surface area contributed by atoms with Crippen molar-refractivity contribution in [2.24, 2.45) is 0 Å². The molecule has 0 atom stereocenters. The van der Waals surface area contributed by atoms with Crippen LogP contribution >= 0.6 is 0 Å². The van der Waals surface area contributed by atoms with Crippen LogP contribution < -0.4 is 0 Å². The standard InChI is InChI=1S/C16H18O2/c1-17-11-13-3-7-15(8-4-13)16-9-5-14(6-10-16)12-18-2/h3-10H,11-12H2,1-2H3. The molecule has 0 bridgehead atoms. The Labute approximate surface area is 108 Å². The van der Waals surface area contributed by atoms with Crippen LogP contribution in [0.3, 0.4) is 0 Å². The van der Waals surface area contributed by atoms with Crippen LogP contribution in [0.2, 0.25) is 0 Å². The fraction of sp³-hybridized carbons (Fsp3) is 0.250. The number of hydrogen-bond donors (Lipinski definition) is 0. The van der Waals surface area contributed by atoms with E-state index in [0.29, 0.717) is 13.2 Å². The molecule has 2 rings (SSSR count). The molecule has 2 aromatic carbocycles. The predicted molar refractivity (Wildman–Crippen MR) is 73.3 cm³/mol. The van der Waals surface area contributed by atoms with Gasteiger partial charge in [0, 0.05) is 14.2 Å². The number of rotatable bonds is 5. The molecule has 0 amide bonds. The van der Waals surface area contributed by atoms with Crippen LogP contribution in [0.5, 0.6) is 0 Å². The summed E-state index contributed by atoms with van der Waals surface area (Å²) in [6.07, 6.45) is 0. The molecule has 2 aromatic rings. The minimum atomic E-state index is 0.660. The molecule has 0 aromatic heterocycles. The van der Waals surface area contributed by atoms with Gasteiger partial charge >= 0.3 is 0 Å². The van der Waals surface area contributed by atoms with E-state index in [4.69, 9.17) is 9.47 Å². The third-order valence-electron chi connectivity index (χ3n) is 2.86. The molecule has 0 aliphatic rings. The average Bonchev–Trinajstić information content (AvgIpc) is 2.41. The van der Waals surface area contributed by atoms with Crippen LogP contribution in [0.4, 0.5) is 0 Å². The topological polar surface area (TPSA) is 18.5 Å². The highest BCUT2D eigenvalue weighted by molar-refractivity contribution is 5.63. The van der Waals surface area contributed by atoms with E-state index < -0.39 is 0 Å². The van der Waals surface area contributed by atoms with Gasteiger partial charge in [0.2, 0.25) is 0 Å². The molecule has 0 fully saturated rings. The van der Waals surface area contributed by atoms with E-state index in [-0.39, 0.29) is 0 Å². The van der Waals surface area contributed by atoms with Gasteiger partial charge in [-0.05, 0) is 22.3 Å². The Bertz CT molecular complexity index is 424. The molecule has 18 heavy (non-hydrogen) atoms. The van der Waals surface area contributed by atoms with Crippen molar-refractivity contribution in [1.29, 1.82) is 0 Å². The van der Waals surface area contributed by atoms with Gasteiger partial charge < -0.3 is 9.47 Å². The molecular weight excluding hydrogens is 224 g/mol. The van der Waals surface area contributed by atoms with Crippen LogP contribution in [0, 0.1) is 0 Å². The highest BCUT2D eigenvalue weighted by atomic mass is 16.5. The minimum absolute atomic E-state index is 0.660. The molecule has 0 aliphatic heterocycles. The highest BCUT2D eigenvalue weighted by Crippen LogP contribution is 2.20. The first-order valence-electron chi connectivity index (χ1n) is 5.99. The van der Waals surface area contributed by atoms with Crippen LogP contribution in [-0.4, -0.2) is 14.2 Å². The summed E-state index contributed by atoms with van der Waals surface area (Å²) in [6, 6.07) is 16.9. The Morgan fingerprint density at radius 2 is 0.944 bits per heavy atom. The number of hydrogen-bond acceptors (Lipinski definition) is 2. The highest BCUT2D eigenvalue weighted by Gasteiger charge is 1.99. The molecule has 0 N–H and O–H groups in total. The van der Waals surface area contributed by atoms with Gasteiger partial charge in [-0.3, -0.25) is 0 Å². The molecule has 0 saturated heterocycles. The lowest BCUT2D eigenvalue weighted by Gasteiger charge is -2.05. The Kier molecular flexibility index (Phi) is 4.51. The fourth-order valence-corrected chi connectivity index (χ4v) is 1.92. The van der Waals surface area contributed by atoms with E-state index in [9.17, 15) is 0 Å². The van der Waals surface area contributed by atoms with Crippen LogP contribution in [-0.2, 0) is 22.7 Å². The van der Waals surface area contributed by atoms with Gasteiger partial charge in [0.15, 0.2) is 0 Å². The lowest BCUT2D eigenvalue weighted by molar-refractivity contribution is 0.185. The Balaban J connectivity index is 2.15. The van der Waals surface area contributed by atoms with Gasteiger partial charge in [0.05, 0.1) is 13.2 Å². The molecule has 0 spiro atoms. The maximum Gasteiger partial charge on any atom is 0.0713 e. The van der Waals surface area contributed by atoms with Gasteiger partial charge in [-0.15, -0.1) is 0 Å². The Hall–Kier alpha value is -1.64. The minimum Gasteiger partial charge on any atom is -0.380 e. The molecule has 2 nitrogen and oxygen atoms in total. The smallest absolute Gasteiger partial charge is 0.0713 e. The number of ether oxygens (including phenoxy) is 2. The van der Waals surface area contributed by atoms with Gasteiger partial charge in [0.25, 0.3) is 0 Å². The fourth-order valence-electron chi connectivity index (χ4n) is 1.92. The summed E-state index contributed by atoms with van der Waals surface area (Å²) < 4.78 is 10.2. The van der Waals surface area contributed by atoms with E-state index in [1.54, 1.807) is 14.2 Å². The second-order valence-electron chi connectivity index (χ2n) is 4.26. The normalized spacial score (nSPS) is 10.6. The number of methoxy groups -OCH3 is 2. The van der Waals surface area contributed by atoms with Crippen LogP contribution in [0.15, 0.2) is 48.5 Å². The first-order valence-corrected chi connectivity index (χ1v) is 5.99. The molecule has 0 unspecified atom stereocenters. The zero-order valence-corrected chi connectivity index (χ0v) is 10.8. The Morgan fingerprint density at radius 1 is 0.611 bits per heavy atom. The Morgan fingerprint density at radius 3 is 1.22 bits per heavy atom. The van der Waals surface area contributed by atoms with Crippen molar-refractivity contribution in [2.75, 3.05) is 14.2 Å². The van der Waals surface area contributed by atoms with Crippen molar-refractivity contribution in [1.82, 2.24) is 0 Å². The van der Waals surface area contributed by atoms with E-state index in [1.165, 1.54) is 22.3 Å². The summed E-state index contributed by atoms with van der Waals surface area (Å²) in [6.45, 7) is 1.32. The zero-order chi connectivity index (χ0) is 12.8. The van der Waals surface area contributed by atoms with Crippen molar-refractivity contribution in [3.63, 3.8) is 0 Å². The van der Waals surface area contributed by atoms with E-state index in [0.717, 1.165) is 0 Å². The van der Waals surface area contributed by atoms with Gasteiger partial charge in [-0.2, -0.15) is 0 Å². The van der Waals surface area contributed by atoms with E-state index in [2.05, 4.69) is 48.5 Å². The van der Waals surface area contributed by atoms with Gasteiger partial charge in [0.1, 0.15) is 0 Å². The SMILES string of the molecule is COCc1ccc(-c2ccc(COC)cc2)cc1. The van der Waals surface area contributed by atoms with Gasteiger partial charge in [-0.25, -0.2) is 0 Å². The first kappa shape index (κ1) is 12.8. The molecular formula is C16H18O2. The quantitative estimate of drug-likeness (QED) is 0.796. The number of benzene rings is 2. The second-order valence-corrected chi connectivity index (χ2v) is 4.26. The van der Waals surface area contributed by atoms with Crippen molar-refractivity contribution in [3.8, 4) is 11.1 Å². The molecule has 2 heteroatoms. The van der Waals surface area contributed by atoms with Crippen molar-refractivity contribution >= 4 is 0 Å². The largest absolute Gasteiger partial charge is 0.380 e. The van der Waals surface area contributed by atoms with Crippen LogP contribution in [0.1, 0.15) is 11.1 Å². The van der Waals surface area contributed by atoms with E-state index >= 15 is 0 Å². The van der Waals surface area contributed by atoms with Crippen molar-refractivity contribution in [2.45, 2.75) is 13.2 Å². The second kappa shape index (κ2) is 6.34. The molecule has 0 radical (unpaired) electrons. The summed E-state index contributed by atoms with van der Waals surface area (Å²) in [5.74, 6) is 0. The zero-order valence-electron chi connectivity index (χ0n) is 10.8. The van der Waals surface area contributed by atoms with Crippen LogP contribution in [0.25, 0.3) is 11.1 Å². The molecule has 0 aliphatic carbocycles. The summed E-state index contributed by atoms with van der Waals surface area (Å²) in [5, 5.41) is 0. The summed E-state index contributed by atoms with van der Waals surface area (Å²) in [7, 11) is 3.42. The third-order valence-corrected chi connectivity index (χ3v) is 2.86. The first-order chi connectivity index (χ1) is 8.83. The summed E-state index contributed by atoms with van der Waals surface area (Å²) >= 11 is 0. The maximum atomic E-state index is 5.10. The average molecular weight is 242 g/mol. The molecule has 0 saturated carbocycles.